The Hall–Kier alpha value is -1.61. The predicted molar refractivity (Wildman–Crippen MR) is 83.3 cm³/mol. The van der Waals surface area contributed by atoms with Crippen LogP contribution in [0.5, 0.6) is 0 Å². The normalized spacial score (nSPS) is 25.6. The van der Waals surface area contributed by atoms with Crippen molar-refractivity contribution in [1.29, 1.82) is 0 Å². The zero-order chi connectivity index (χ0) is 15.3. The molecule has 0 spiro atoms. The number of halogens is 1. The summed E-state index contributed by atoms with van der Waals surface area (Å²) < 4.78 is 0. The molecule has 1 heterocycles. The van der Waals surface area contributed by atoms with Crippen LogP contribution in [0.4, 0.5) is 5.69 Å². The number of fused-ring (bicyclic) bond motifs is 1. The molecule has 1 aromatic carbocycles. The van der Waals surface area contributed by atoms with Crippen molar-refractivity contribution >= 4 is 29.1 Å². The molecule has 0 saturated carbocycles. The maximum atomic E-state index is 12.7. The van der Waals surface area contributed by atoms with Gasteiger partial charge in [0.1, 0.15) is 0 Å². The molecule has 2 aliphatic rings. The fourth-order valence-corrected chi connectivity index (χ4v) is 3.48. The summed E-state index contributed by atoms with van der Waals surface area (Å²) in [6, 6.07) is 5.32. The molecule has 1 saturated heterocycles. The van der Waals surface area contributed by atoms with Crippen molar-refractivity contribution in [3.8, 4) is 0 Å². The molecule has 3 rings (SSSR count). The monoisotopic (exact) mass is 303 g/mol. The van der Waals surface area contributed by atoms with Crippen LogP contribution >= 0.6 is 11.6 Å². The number of nitrogens with zero attached hydrogens (tertiary/aromatic N) is 1. The van der Waals surface area contributed by atoms with Gasteiger partial charge in [-0.15, -0.1) is 0 Å². The first kappa shape index (κ1) is 14.3. The number of anilines is 1. The molecule has 2 amide bonds. The van der Waals surface area contributed by atoms with Crippen LogP contribution < -0.4 is 4.90 Å². The van der Waals surface area contributed by atoms with Gasteiger partial charge in [0, 0.05) is 5.02 Å². The van der Waals surface area contributed by atoms with Crippen molar-refractivity contribution in [3.05, 3.63) is 39.9 Å². The van der Waals surface area contributed by atoms with E-state index in [0.29, 0.717) is 23.6 Å². The second-order valence-electron chi connectivity index (χ2n) is 6.12. The van der Waals surface area contributed by atoms with Gasteiger partial charge >= 0.3 is 0 Å². The lowest BCUT2D eigenvalue weighted by molar-refractivity contribution is -0.122. The van der Waals surface area contributed by atoms with E-state index in [4.69, 9.17) is 11.6 Å². The van der Waals surface area contributed by atoms with E-state index < -0.39 is 0 Å². The minimum absolute atomic E-state index is 0.0813. The van der Waals surface area contributed by atoms with Gasteiger partial charge in [0.15, 0.2) is 0 Å². The highest BCUT2D eigenvalue weighted by molar-refractivity contribution is 6.31. The predicted octanol–water partition coefficient (Wildman–Crippen LogP) is 3.88. The van der Waals surface area contributed by atoms with E-state index in [2.05, 4.69) is 13.8 Å². The number of amides is 2. The molecule has 1 fully saturated rings. The topological polar surface area (TPSA) is 37.4 Å². The molecule has 0 unspecified atom stereocenters. The van der Waals surface area contributed by atoms with Gasteiger partial charge in [-0.2, -0.15) is 0 Å². The van der Waals surface area contributed by atoms with E-state index in [9.17, 15) is 9.59 Å². The maximum Gasteiger partial charge on any atom is 0.238 e. The van der Waals surface area contributed by atoms with Crippen LogP contribution in [0.2, 0.25) is 5.02 Å². The number of carbonyl (C=O) groups excluding carboxylic acids is 2. The van der Waals surface area contributed by atoms with Crippen molar-refractivity contribution < 1.29 is 9.59 Å². The van der Waals surface area contributed by atoms with Gasteiger partial charge in [0.2, 0.25) is 11.8 Å². The molecule has 1 aliphatic carbocycles. The van der Waals surface area contributed by atoms with Crippen molar-refractivity contribution in [3.63, 3.8) is 0 Å². The molecule has 0 bridgehead atoms. The molecule has 0 aromatic heterocycles. The average molecular weight is 304 g/mol. The highest BCUT2D eigenvalue weighted by atomic mass is 35.5. The SMILES string of the molecule is CC1=C(C)C[C@H]2C(=O)N(c3cc(Cl)ccc3C)C(=O)[C@H]2C1. The summed E-state index contributed by atoms with van der Waals surface area (Å²) in [5.41, 5.74) is 3.99. The Morgan fingerprint density at radius 3 is 2.05 bits per heavy atom. The lowest BCUT2D eigenvalue weighted by Gasteiger charge is -2.23. The molecule has 110 valence electrons. The van der Waals surface area contributed by atoms with Crippen molar-refractivity contribution in [2.24, 2.45) is 11.8 Å². The van der Waals surface area contributed by atoms with Crippen LogP contribution in [0.15, 0.2) is 29.3 Å². The summed E-state index contributed by atoms with van der Waals surface area (Å²) in [6.45, 7) is 6.00. The van der Waals surface area contributed by atoms with Crippen LogP contribution in [0.3, 0.4) is 0 Å². The van der Waals surface area contributed by atoms with Crippen LogP contribution in [-0.2, 0) is 9.59 Å². The Labute approximate surface area is 129 Å². The molecule has 2 atom stereocenters. The van der Waals surface area contributed by atoms with Gasteiger partial charge in [0.05, 0.1) is 17.5 Å². The lowest BCUT2D eigenvalue weighted by Crippen LogP contribution is -2.31. The van der Waals surface area contributed by atoms with Crippen LogP contribution in [0.1, 0.15) is 32.3 Å². The van der Waals surface area contributed by atoms with Crippen molar-refractivity contribution in [1.82, 2.24) is 0 Å². The van der Waals surface area contributed by atoms with Gasteiger partial charge < -0.3 is 0 Å². The number of hydrogen-bond donors (Lipinski definition) is 0. The van der Waals surface area contributed by atoms with E-state index in [-0.39, 0.29) is 23.7 Å². The first-order valence-corrected chi connectivity index (χ1v) is 7.57. The summed E-state index contributed by atoms with van der Waals surface area (Å²) in [5.74, 6) is -0.580. The fourth-order valence-electron chi connectivity index (χ4n) is 3.31. The standard InChI is InChI=1S/C17H18ClNO2/c1-9-4-5-12(18)8-15(9)19-16(20)13-6-10(2)11(3)7-14(13)17(19)21/h4-5,8,13-14H,6-7H2,1-3H3/t13-,14+. The third-order valence-electron chi connectivity index (χ3n) is 4.75. The van der Waals surface area contributed by atoms with Gasteiger partial charge in [-0.05, 0) is 51.3 Å². The number of imide groups is 1. The largest absolute Gasteiger partial charge is 0.274 e. The number of aryl methyl sites for hydroxylation is 1. The Bertz CT molecular complexity index is 645. The first-order valence-electron chi connectivity index (χ1n) is 7.19. The lowest BCUT2D eigenvalue weighted by atomic mass is 9.78. The van der Waals surface area contributed by atoms with Crippen LogP contribution in [0.25, 0.3) is 0 Å². The van der Waals surface area contributed by atoms with Gasteiger partial charge in [0.25, 0.3) is 0 Å². The van der Waals surface area contributed by atoms with Crippen LogP contribution in [-0.4, -0.2) is 11.8 Å². The average Bonchev–Trinajstić information content (AvgIpc) is 2.66. The molecular weight excluding hydrogens is 286 g/mol. The Balaban J connectivity index is 2.02. The number of hydrogen-bond acceptors (Lipinski definition) is 2. The first-order chi connectivity index (χ1) is 9.90. The van der Waals surface area contributed by atoms with Gasteiger partial charge in [-0.3, -0.25) is 9.59 Å². The molecule has 0 N–H and O–H groups in total. The van der Waals surface area contributed by atoms with Crippen molar-refractivity contribution in [2.75, 3.05) is 4.90 Å². The third kappa shape index (κ3) is 2.20. The summed E-state index contributed by atoms with van der Waals surface area (Å²) in [4.78, 5) is 26.8. The highest BCUT2D eigenvalue weighted by Gasteiger charge is 2.49. The fraction of sp³-hybridized carbons (Fsp3) is 0.412. The third-order valence-corrected chi connectivity index (χ3v) is 4.99. The molecule has 1 aromatic rings. The van der Waals surface area contributed by atoms with E-state index >= 15 is 0 Å². The smallest absolute Gasteiger partial charge is 0.238 e. The highest BCUT2D eigenvalue weighted by Crippen LogP contribution is 2.43. The van der Waals surface area contributed by atoms with E-state index in [1.807, 2.05) is 13.0 Å². The number of allylic oxidation sites excluding steroid dienone is 2. The molecule has 0 radical (unpaired) electrons. The Kier molecular flexibility index (Phi) is 3.40. The number of rotatable bonds is 1. The summed E-state index contributed by atoms with van der Waals surface area (Å²) >= 11 is 6.03. The van der Waals surface area contributed by atoms with E-state index in [0.717, 1.165) is 5.56 Å². The summed E-state index contributed by atoms with van der Waals surface area (Å²) in [7, 11) is 0. The Morgan fingerprint density at radius 1 is 1.00 bits per heavy atom. The van der Waals surface area contributed by atoms with Crippen molar-refractivity contribution in [2.45, 2.75) is 33.6 Å². The zero-order valence-electron chi connectivity index (χ0n) is 12.4. The van der Waals surface area contributed by atoms with Gasteiger partial charge in [-0.25, -0.2) is 4.90 Å². The molecule has 1 aliphatic heterocycles. The molecule has 4 heteroatoms. The molecular formula is C17H18ClNO2. The molecule has 3 nitrogen and oxygen atoms in total. The zero-order valence-corrected chi connectivity index (χ0v) is 13.2. The maximum absolute atomic E-state index is 12.7. The van der Waals surface area contributed by atoms with Crippen LogP contribution in [0, 0.1) is 18.8 Å². The second-order valence-corrected chi connectivity index (χ2v) is 6.56. The number of carbonyl (C=O) groups is 2. The quantitative estimate of drug-likeness (QED) is 0.583. The summed E-state index contributed by atoms with van der Waals surface area (Å²) in [6.07, 6.45) is 1.38. The van der Waals surface area contributed by atoms with E-state index in [1.54, 1.807) is 12.1 Å². The van der Waals surface area contributed by atoms with Gasteiger partial charge in [-0.1, -0.05) is 28.8 Å². The number of benzene rings is 1. The molecule has 21 heavy (non-hydrogen) atoms. The minimum atomic E-state index is -0.209. The van der Waals surface area contributed by atoms with E-state index in [1.165, 1.54) is 16.0 Å². The second kappa shape index (κ2) is 4.99. The summed E-state index contributed by atoms with van der Waals surface area (Å²) in [5, 5.41) is 0.538. The minimum Gasteiger partial charge on any atom is -0.274 e. The Morgan fingerprint density at radius 2 is 1.52 bits per heavy atom.